The fraction of sp³-hybridized carbons (Fsp3) is 0.294. The molecule has 1 heterocycles. The van der Waals surface area contributed by atoms with E-state index in [-0.39, 0.29) is 18.6 Å². The van der Waals surface area contributed by atoms with Crippen LogP contribution in [-0.2, 0) is 29.6 Å². The Morgan fingerprint density at radius 2 is 1.96 bits per heavy atom. The zero-order valence-electron chi connectivity index (χ0n) is 14.3. The molecule has 26 heavy (non-hydrogen) atoms. The molecule has 1 aromatic heterocycles. The van der Waals surface area contributed by atoms with Crippen molar-refractivity contribution in [1.29, 1.82) is 0 Å². The minimum atomic E-state index is -1.19. The summed E-state index contributed by atoms with van der Waals surface area (Å²) in [4.78, 5) is 34.8. The van der Waals surface area contributed by atoms with E-state index in [0.717, 1.165) is 7.11 Å². The molecule has 0 bridgehead atoms. The Balaban J connectivity index is 2.29. The monoisotopic (exact) mass is 361 g/mol. The van der Waals surface area contributed by atoms with Crippen LogP contribution in [0.2, 0.25) is 0 Å². The van der Waals surface area contributed by atoms with Crippen LogP contribution < -0.4 is 10.9 Å². The van der Waals surface area contributed by atoms with Gasteiger partial charge in [-0.2, -0.15) is 5.10 Å². The third-order valence-electron chi connectivity index (χ3n) is 3.84. The second kappa shape index (κ2) is 8.26. The normalized spacial score (nSPS) is 11.7. The number of aliphatic hydroxyl groups excluding tert-OH is 1. The Hall–Kier alpha value is -3.20. The molecule has 3 N–H and O–H groups in total. The number of aromatic nitrogens is 2. The molecule has 0 unspecified atom stereocenters. The summed E-state index contributed by atoms with van der Waals surface area (Å²) < 4.78 is 5.59. The average molecular weight is 361 g/mol. The number of aliphatic carboxylic acids is 1. The number of carboxylic acids is 1. The lowest BCUT2D eigenvalue weighted by Gasteiger charge is -2.14. The number of aryl methyl sites for hydroxylation is 1. The summed E-state index contributed by atoms with van der Waals surface area (Å²) in [5.41, 5.74) is 1.61. The number of methoxy groups -OCH3 is 1. The fourth-order valence-corrected chi connectivity index (χ4v) is 2.45. The van der Waals surface area contributed by atoms with Crippen LogP contribution >= 0.6 is 0 Å². The lowest BCUT2D eigenvalue weighted by Crippen LogP contribution is -2.42. The number of alkyl carbamates (subject to hydrolysis) is 1. The Bertz CT molecular complexity index is 860. The minimum Gasteiger partial charge on any atom is -0.480 e. The molecule has 0 radical (unpaired) electrons. The number of aliphatic hydroxyl groups is 1. The lowest BCUT2D eigenvalue weighted by molar-refractivity contribution is -0.139. The first-order valence-electron chi connectivity index (χ1n) is 7.70. The first-order valence-corrected chi connectivity index (χ1v) is 7.70. The van der Waals surface area contributed by atoms with Gasteiger partial charge in [0.15, 0.2) is 0 Å². The van der Waals surface area contributed by atoms with Gasteiger partial charge in [0.05, 0.1) is 25.5 Å². The molecule has 1 amide bonds. The summed E-state index contributed by atoms with van der Waals surface area (Å²) in [6.07, 6.45) is 0.638. The molecule has 0 aliphatic heterocycles. The Morgan fingerprint density at radius 3 is 2.50 bits per heavy atom. The van der Waals surface area contributed by atoms with E-state index in [4.69, 9.17) is 0 Å². The maximum Gasteiger partial charge on any atom is 0.407 e. The molecule has 0 fully saturated rings. The van der Waals surface area contributed by atoms with E-state index in [1.807, 2.05) is 0 Å². The molecular weight excluding hydrogens is 342 g/mol. The average Bonchev–Trinajstić information content (AvgIpc) is 2.63. The van der Waals surface area contributed by atoms with Crippen LogP contribution in [-0.4, -0.2) is 45.2 Å². The van der Waals surface area contributed by atoms with Gasteiger partial charge < -0.3 is 20.3 Å². The van der Waals surface area contributed by atoms with Gasteiger partial charge in [-0.05, 0) is 11.1 Å². The molecule has 1 aromatic carbocycles. The highest BCUT2D eigenvalue weighted by atomic mass is 16.5. The van der Waals surface area contributed by atoms with Gasteiger partial charge in [0.25, 0.3) is 5.56 Å². The predicted octanol–water partition coefficient (Wildman–Crippen LogP) is 0.291. The molecular formula is C17H19N3O6. The third-order valence-corrected chi connectivity index (χ3v) is 3.84. The van der Waals surface area contributed by atoms with E-state index in [1.165, 1.54) is 17.9 Å². The number of hydrogen-bond acceptors (Lipinski definition) is 6. The molecule has 0 spiro atoms. The number of amides is 1. The molecule has 0 aliphatic carbocycles. The Labute approximate surface area is 148 Å². The summed E-state index contributed by atoms with van der Waals surface area (Å²) in [5, 5.41) is 24.7. The molecule has 1 atom stereocenters. The smallest absolute Gasteiger partial charge is 0.407 e. The van der Waals surface area contributed by atoms with Crippen molar-refractivity contribution >= 4 is 12.1 Å². The SMILES string of the molecule is COC(=O)N[C@@H](Cc1ccc(-c2c(CO)cnn(C)c2=O)cc1)C(=O)O. The summed E-state index contributed by atoms with van der Waals surface area (Å²) in [6, 6.07) is 5.48. The van der Waals surface area contributed by atoms with Crippen molar-refractivity contribution in [3.8, 4) is 11.1 Å². The molecule has 9 nitrogen and oxygen atoms in total. The van der Waals surface area contributed by atoms with Gasteiger partial charge in [-0.25, -0.2) is 14.3 Å². The van der Waals surface area contributed by atoms with Gasteiger partial charge in [0.1, 0.15) is 6.04 Å². The molecule has 0 saturated carbocycles. The fourth-order valence-electron chi connectivity index (χ4n) is 2.45. The second-order valence-electron chi connectivity index (χ2n) is 5.56. The molecule has 9 heteroatoms. The maximum atomic E-state index is 12.3. The van der Waals surface area contributed by atoms with Crippen LogP contribution in [0.5, 0.6) is 0 Å². The Morgan fingerprint density at radius 1 is 1.31 bits per heavy atom. The molecule has 2 aromatic rings. The van der Waals surface area contributed by atoms with Crippen molar-refractivity contribution in [2.45, 2.75) is 19.1 Å². The minimum absolute atomic E-state index is 0.0475. The molecule has 138 valence electrons. The van der Waals surface area contributed by atoms with E-state index in [9.17, 15) is 24.6 Å². The number of hydrogen-bond donors (Lipinski definition) is 3. The second-order valence-corrected chi connectivity index (χ2v) is 5.56. The number of rotatable bonds is 6. The number of benzene rings is 1. The number of carbonyl (C=O) groups is 2. The standard InChI is InChI=1S/C17H19N3O6/c1-20-15(22)14(12(9-21)8-18-20)11-5-3-10(4-6-11)7-13(16(23)24)19-17(25)26-2/h3-6,8,13,21H,7,9H2,1-2H3,(H,19,25)(H,23,24)/t13-/m0/s1. The van der Waals surface area contributed by atoms with Crippen LogP contribution in [0.25, 0.3) is 11.1 Å². The van der Waals surface area contributed by atoms with E-state index >= 15 is 0 Å². The van der Waals surface area contributed by atoms with E-state index in [0.29, 0.717) is 22.3 Å². The van der Waals surface area contributed by atoms with Crippen molar-refractivity contribution in [2.24, 2.45) is 7.05 Å². The Kier molecular flexibility index (Phi) is 6.07. The van der Waals surface area contributed by atoms with Crippen molar-refractivity contribution in [3.63, 3.8) is 0 Å². The van der Waals surface area contributed by atoms with Crippen LogP contribution in [0, 0.1) is 0 Å². The van der Waals surface area contributed by atoms with Gasteiger partial charge in [0.2, 0.25) is 0 Å². The number of carboxylic acid groups (broad SMARTS) is 1. The maximum absolute atomic E-state index is 12.3. The predicted molar refractivity (Wildman–Crippen MR) is 91.5 cm³/mol. The largest absolute Gasteiger partial charge is 0.480 e. The van der Waals surface area contributed by atoms with Gasteiger partial charge in [-0.3, -0.25) is 4.79 Å². The van der Waals surface area contributed by atoms with E-state index in [1.54, 1.807) is 24.3 Å². The zero-order chi connectivity index (χ0) is 19.3. The molecule has 2 rings (SSSR count). The number of nitrogens with one attached hydrogen (secondary N) is 1. The summed E-state index contributed by atoms with van der Waals surface area (Å²) in [6.45, 7) is -0.329. The van der Waals surface area contributed by atoms with E-state index < -0.39 is 18.1 Å². The van der Waals surface area contributed by atoms with Crippen LogP contribution in [0.1, 0.15) is 11.1 Å². The summed E-state index contributed by atoms with van der Waals surface area (Å²) in [7, 11) is 2.66. The number of carbonyl (C=O) groups excluding carboxylic acids is 1. The van der Waals surface area contributed by atoms with Crippen molar-refractivity contribution in [3.05, 3.63) is 51.9 Å². The quantitative estimate of drug-likeness (QED) is 0.674. The van der Waals surface area contributed by atoms with Gasteiger partial charge in [-0.1, -0.05) is 24.3 Å². The van der Waals surface area contributed by atoms with Gasteiger partial charge >= 0.3 is 12.1 Å². The number of ether oxygens (including phenoxy) is 1. The van der Waals surface area contributed by atoms with Crippen molar-refractivity contribution < 1.29 is 24.5 Å². The molecule has 0 aliphatic rings. The van der Waals surface area contributed by atoms with Gasteiger partial charge in [0, 0.05) is 19.0 Å². The van der Waals surface area contributed by atoms with Gasteiger partial charge in [-0.15, -0.1) is 0 Å². The topological polar surface area (TPSA) is 131 Å². The van der Waals surface area contributed by atoms with Crippen molar-refractivity contribution in [2.75, 3.05) is 7.11 Å². The highest BCUT2D eigenvalue weighted by Gasteiger charge is 2.21. The van der Waals surface area contributed by atoms with Crippen molar-refractivity contribution in [1.82, 2.24) is 15.1 Å². The highest BCUT2D eigenvalue weighted by molar-refractivity contribution is 5.80. The summed E-state index contributed by atoms with van der Waals surface area (Å²) in [5.74, 6) is -1.19. The highest BCUT2D eigenvalue weighted by Crippen LogP contribution is 2.20. The van der Waals surface area contributed by atoms with Crippen LogP contribution in [0.15, 0.2) is 35.3 Å². The first-order chi connectivity index (χ1) is 12.4. The third kappa shape index (κ3) is 4.25. The molecule has 0 saturated heterocycles. The van der Waals surface area contributed by atoms with E-state index in [2.05, 4.69) is 15.2 Å². The zero-order valence-corrected chi connectivity index (χ0v) is 14.3. The lowest BCUT2D eigenvalue weighted by atomic mass is 9.99. The summed E-state index contributed by atoms with van der Waals surface area (Å²) >= 11 is 0. The van der Waals surface area contributed by atoms with Crippen LogP contribution in [0.4, 0.5) is 4.79 Å². The first kappa shape index (κ1) is 19.1. The van der Waals surface area contributed by atoms with Crippen LogP contribution in [0.3, 0.4) is 0 Å². The number of nitrogens with zero attached hydrogens (tertiary/aromatic N) is 2.